The van der Waals surface area contributed by atoms with Crippen molar-refractivity contribution >= 4 is 5.97 Å². The highest BCUT2D eigenvalue weighted by molar-refractivity contribution is 5.91. The van der Waals surface area contributed by atoms with Crippen molar-refractivity contribution in [2.24, 2.45) is 11.8 Å². The zero-order valence-electron chi connectivity index (χ0n) is 18.1. The number of esters is 1. The average molecular weight is 385 g/mol. The summed E-state index contributed by atoms with van der Waals surface area (Å²) in [5.74, 6) is 2.19. The van der Waals surface area contributed by atoms with Gasteiger partial charge in [0.15, 0.2) is 0 Å². The maximum Gasteiger partial charge on any atom is 0.338 e. The van der Waals surface area contributed by atoms with Crippen LogP contribution in [-0.4, -0.2) is 12.1 Å². The Balaban J connectivity index is 1.56. The van der Waals surface area contributed by atoms with Crippen molar-refractivity contribution in [1.82, 2.24) is 0 Å². The van der Waals surface area contributed by atoms with Gasteiger partial charge in [-0.1, -0.05) is 64.2 Å². The molecule has 0 atom stereocenters. The van der Waals surface area contributed by atoms with Crippen molar-refractivity contribution in [3.63, 3.8) is 0 Å². The Kier molecular flexibility index (Phi) is 8.43. The predicted octanol–water partition coefficient (Wildman–Crippen LogP) is 7.67. The summed E-state index contributed by atoms with van der Waals surface area (Å²) in [4.78, 5) is 13.0. The summed E-state index contributed by atoms with van der Waals surface area (Å²) in [5.41, 5.74) is 2.07. The number of benzene rings is 1. The number of hydrogen-bond donors (Lipinski definition) is 0. The number of rotatable bonds is 8. The highest BCUT2D eigenvalue weighted by Gasteiger charge is 2.28. The minimum absolute atomic E-state index is 0.0809. The molecule has 0 aliphatic heterocycles. The fraction of sp³-hybridized carbons (Fsp3) is 0.731. The van der Waals surface area contributed by atoms with Gasteiger partial charge in [0, 0.05) is 0 Å². The molecule has 2 saturated carbocycles. The van der Waals surface area contributed by atoms with Gasteiger partial charge in [-0.2, -0.15) is 0 Å². The molecule has 2 aliphatic rings. The zero-order chi connectivity index (χ0) is 19.8. The average Bonchev–Trinajstić information content (AvgIpc) is 2.74. The summed E-state index contributed by atoms with van der Waals surface area (Å²) in [7, 11) is 0. The van der Waals surface area contributed by atoms with Crippen LogP contribution >= 0.6 is 0 Å². The van der Waals surface area contributed by atoms with E-state index in [0.29, 0.717) is 5.92 Å². The molecule has 0 unspecified atom stereocenters. The molecule has 0 aromatic heterocycles. The zero-order valence-corrected chi connectivity index (χ0v) is 18.1. The van der Waals surface area contributed by atoms with E-state index in [4.69, 9.17) is 4.74 Å². The number of ether oxygens (including phenoxy) is 1. The second kappa shape index (κ2) is 11.0. The number of unbranched alkanes of at least 4 members (excludes halogenated alkanes) is 1. The first-order valence-corrected chi connectivity index (χ1v) is 12.0. The van der Waals surface area contributed by atoms with E-state index in [1.807, 2.05) is 12.1 Å². The van der Waals surface area contributed by atoms with Crippen LogP contribution in [0, 0.1) is 11.8 Å². The number of hydrogen-bond acceptors (Lipinski definition) is 2. The minimum Gasteiger partial charge on any atom is -0.459 e. The van der Waals surface area contributed by atoms with Crippen molar-refractivity contribution in [2.45, 2.75) is 109 Å². The van der Waals surface area contributed by atoms with E-state index in [-0.39, 0.29) is 12.1 Å². The van der Waals surface area contributed by atoms with Crippen LogP contribution in [0.1, 0.15) is 119 Å². The summed E-state index contributed by atoms with van der Waals surface area (Å²) in [6.07, 6.45) is 16.4. The maximum absolute atomic E-state index is 13.0. The maximum atomic E-state index is 13.0. The van der Waals surface area contributed by atoms with Gasteiger partial charge in [-0.25, -0.2) is 4.79 Å². The Morgan fingerprint density at radius 3 is 2.18 bits per heavy atom. The number of carbonyl (C=O) groups excluding carboxylic acids is 1. The SMILES string of the molecule is CCCCC1CCC(c2ccccc2C(=O)OC2CCC(CCC)CC2)CC1. The Morgan fingerprint density at radius 2 is 1.50 bits per heavy atom. The van der Waals surface area contributed by atoms with E-state index in [1.165, 1.54) is 76.2 Å². The van der Waals surface area contributed by atoms with Gasteiger partial charge in [-0.05, 0) is 80.8 Å². The lowest BCUT2D eigenvalue weighted by atomic mass is 9.76. The Hall–Kier alpha value is -1.31. The van der Waals surface area contributed by atoms with E-state index in [1.54, 1.807) is 0 Å². The second-order valence-electron chi connectivity index (χ2n) is 9.28. The fourth-order valence-electron chi connectivity index (χ4n) is 5.46. The van der Waals surface area contributed by atoms with Crippen LogP contribution in [0.25, 0.3) is 0 Å². The van der Waals surface area contributed by atoms with Crippen molar-refractivity contribution in [1.29, 1.82) is 0 Å². The molecule has 0 saturated heterocycles. The van der Waals surface area contributed by atoms with Crippen LogP contribution in [-0.2, 0) is 4.74 Å². The van der Waals surface area contributed by atoms with Crippen molar-refractivity contribution in [3.8, 4) is 0 Å². The molecule has 1 aromatic rings. The molecule has 2 aliphatic carbocycles. The smallest absolute Gasteiger partial charge is 0.338 e. The first kappa shape index (κ1) is 21.4. The highest BCUT2D eigenvalue weighted by atomic mass is 16.5. The molecular formula is C26H40O2. The lowest BCUT2D eigenvalue weighted by molar-refractivity contribution is 0.0159. The quantitative estimate of drug-likeness (QED) is 0.430. The molecule has 2 fully saturated rings. The van der Waals surface area contributed by atoms with Gasteiger partial charge >= 0.3 is 5.97 Å². The highest BCUT2D eigenvalue weighted by Crippen LogP contribution is 2.39. The van der Waals surface area contributed by atoms with Crippen LogP contribution in [0.3, 0.4) is 0 Å². The molecule has 1 aromatic carbocycles. The topological polar surface area (TPSA) is 26.3 Å². The fourth-order valence-corrected chi connectivity index (χ4v) is 5.46. The van der Waals surface area contributed by atoms with Gasteiger partial charge in [0.05, 0.1) is 5.56 Å². The third-order valence-electron chi connectivity index (χ3n) is 7.20. The van der Waals surface area contributed by atoms with Gasteiger partial charge in [-0.3, -0.25) is 0 Å². The van der Waals surface area contributed by atoms with E-state index >= 15 is 0 Å². The Bertz CT molecular complexity index is 592. The van der Waals surface area contributed by atoms with Crippen LogP contribution in [0.4, 0.5) is 0 Å². The van der Waals surface area contributed by atoms with Gasteiger partial charge in [0.1, 0.15) is 6.10 Å². The second-order valence-corrected chi connectivity index (χ2v) is 9.28. The monoisotopic (exact) mass is 384 g/mol. The van der Waals surface area contributed by atoms with Gasteiger partial charge in [0.25, 0.3) is 0 Å². The Labute approximate surface area is 172 Å². The Morgan fingerprint density at radius 1 is 0.857 bits per heavy atom. The summed E-state index contributed by atoms with van der Waals surface area (Å²) in [6.45, 7) is 4.55. The van der Waals surface area contributed by atoms with Gasteiger partial charge in [-0.15, -0.1) is 0 Å². The summed E-state index contributed by atoms with van der Waals surface area (Å²) < 4.78 is 5.97. The van der Waals surface area contributed by atoms with Crippen LogP contribution in [0.5, 0.6) is 0 Å². The lowest BCUT2D eigenvalue weighted by Gasteiger charge is -2.31. The molecule has 2 heteroatoms. The molecule has 156 valence electrons. The van der Waals surface area contributed by atoms with Crippen LogP contribution in [0.15, 0.2) is 24.3 Å². The summed E-state index contributed by atoms with van der Waals surface area (Å²) in [5, 5.41) is 0. The van der Waals surface area contributed by atoms with E-state index < -0.39 is 0 Å². The van der Waals surface area contributed by atoms with Crippen LogP contribution in [0.2, 0.25) is 0 Å². The van der Waals surface area contributed by atoms with E-state index in [2.05, 4.69) is 26.0 Å². The molecular weight excluding hydrogens is 344 g/mol. The predicted molar refractivity (Wildman–Crippen MR) is 117 cm³/mol. The lowest BCUT2D eigenvalue weighted by Crippen LogP contribution is -2.25. The molecule has 0 bridgehead atoms. The van der Waals surface area contributed by atoms with Crippen molar-refractivity contribution in [3.05, 3.63) is 35.4 Å². The number of carbonyl (C=O) groups is 1. The molecule has 28 heavy (non-hydrogen) atoms. The molecule has 0 radical (unpaired) electrons. The summed E-state index contributed by atoms with van der Waals surface area (Å²) >= 11 is 0. The normalized spacial score (nSPS) is 28.1. The van der Waals surface area contributed by atoms with E-state index in [0.717, 1.165) is 30.2 Å². The first-order chi connectivity index (χ1) is 13.7. The molecule has 2 nitrogen and oxygen atoms in total. The molecule has 0 N–H and O–H groups in total. The largest absolute Gasteiger partial charge is 0.459 e. The summed E-state index contributed by atoms with van der Waals surface area (Å²) in [6, 6.07) is 8.24. The first-order valence-electron chi connectivity index (χ1n) is 12.0. The molecule has 0 amide bonds. The third-order valence-corrected chi connectivity index (χ3v) is 7.20. The molecule has 0 spiro atoms. The molecule has 3 rings (SSSR count). The van der Waals surface area contributed by atoms with Gasteiger partial charge < -0.3 is 4.74 Å². The minimum atomic E-state index is -0.0809. The van der Waals surface area contributed by atoms with Crippen molar-refractivity contribution in [2.75, 3.05) is 0 Å². The standard InChI is InChI=1S/C26H40O2/c1-3-5-9-21-12-16-22(17-13-21)24-10-6-7-11-25(24)26(27)28-23-18-14-20(8-4-2)15-19-23/h6-7,10-11,20-23H,3-5,8-9,12-19H2,1-2H3. The third kappa shape index (κ3) is 5.84. The van der Waals surface area contributed by atoms with Crippen LogP contribution < -0.4 is 0 Å². The van der Waals surface area contributed by atoms with Crippen molar-refractivity contribution < 1.29 is 9.53 Å². The van der Waals surface area contributed by atoms with E-state index in [9.17, 15) is 4.79 Å². The van der Waals surface area contributed by atoms with Gasteiger partial charge in [0.2, 0.25) is 0 Å². The molecule has 0 heterocycles.